The Hall–Kier alpha value is -2.57. The molecule has 1 N–H and O–H groups in total. The third-order valence-corrected chi connectivity index (χ3v) is 8.69. The lowest BCUT2D eigenvalue weighted by atomic mass is 9.95. The van der Waals surface area contributed by atoms with Gasteiger partial charge in [0.2, 0.25) is 10.0 Å². The summed E-state index contributed by atoms with van der Waals surface area (Å²) in [6.45, 7) is 3.60. The average molecular weight is 578 g/mol. The molecule has 192 valence electrons. The zero-order chi connectivity index (χ0) is 26.0. The van der Waals surface area contributed by atoms with E-state index in [1.54, 1.807) is 0 Å². The number of hydrogen-bond acceptors (Lipinski definition) is 7. The van der Waals surface area contributed by atoms with Gasteiger partial charge < -0.3 is 14.7 Å². The van der Waals surface area contributed by atoms with Crippen LogP contribution in [0.2, 0.25) is 0 Å². The van der Waals surface area contributed by atoms with Crippen LogP contribution < -0.4 is 0 Å². The van der Waals surface area contributed by atoms with Gasteiger partial charge in [0.25, 0.3) is 11.7 Å². The maximum absolute atomic E-state index is 13.2. The Morgan fingerprint density at radius 2 is 1.75 bits per heavy atom. The number of ether oxygens (including phenoxy) is 1. The van der Waals surface area contributed by atoms with Crippen molar-refractivity contribution in [1.29, 1.82) is 0 Å². The van der Waals surface area contributed by atoms with Crippen LogP contribution in [0.1, 0.15) is 17.2 Å². The zero-order valence-electron chi connectivity index (χ0n) is 20.1. The molecule has 0 unspecified atom stereocenters. The molecule has 2 fully saturated rings. The molecule has 36 heavy (non-hydrogen) atoms. The molecule has 2 saturated heterocycles. The monoisotopic (exact) mass is 577 g/mol. The third kappa shape index (κ3) is 5.25. The summed E-state index contributed by atoms with van der Waals surface area (Å²) in [4.78, 5) is 30.1. The fourth-order valence-corrected chi connectivity index (χ4v) is 5.68. The molecule has 2 aliphatic heterocycles. The number of rotatable bonds is 7. The zero-order valence-corrected chi connectivity index (χ0v) is 22.5. The SMILES string of the molecule is CN(C)S(=O)(=O)c1ccc(C(O)=C2C(=O)C(=O)N(CCN3CCOCC3)[C@H]2c2cccc(Br)c2)cc1. The van der Waals surface area contributed by atoms with Gasteiger partial charge in [-0.25, -0.2) is 12.7 Å². The minimum Gasteiger partial charge on any atom is -0.507 e. The van der Waals surface area contributed by atoms with Gasteiger partial charge in [-0.3, -0.25) is 14.5 Å². The van der Waals surface area contributed by atoms with Gasteiger partial charge in [-0.2, -0.15) is 0 Å². The molecule has 0 spiro atoms. The summed E-state index contributed by atoms with van der Waals surface area (Å²) in [5, 5.41) is 11.2. The van der Waals surface area contributed by atoms with Crippen molar-refractivity contribution in [3.8, 4) is 0 Å². The van der Waals surface area contributed by atoms with Gasteiger partial charge in [0.05, 0.1) is 29.7 Å². The van der Waals surface area contributed by atoms with Crippen LogP contribution in [0.4, 0.5) is 0 Å². The Bertz CT molecular complexity index is 1290. The van der Waals surface area contributed by atoms with Crippen LogP contribution in [0, 0.1) is 0 Å². The predicted octanol–water partition coefficient (Wildman–Crippen LogP) is 2.45. The van der Waals surface area contributed by atoms with E-state index < -0.39 is 27.8 Å². The molecule has 2 heterocycles. The number of morpholine rings is 1. The van der Waals surface area contributed by atoms with Crippen molar-refractivity contribution in [1.82, 2.24) is 14.1 Å². The van der Waals surface area contributed by atoms with Crippen molar-refractivity contribution in [3.05, 3.63) is 69.7 Å². The molecule has 0 aliphatic carbocycles. The largest absolute Gasteiger partial charge is 0.507 e. The third-order valence-electron chi connectivity index (χ3n) is 6.37. The average Bonchev–Trinajstić information content (AvgIpc) is 3.12. The lowest BCUT2D eigenvalue weighted by Gasteiger charge is -2.31. The molecular formula is C25H28BrN3O6S. The van der Waals surface area contributed by atoms with Gasteiger partial charge in [0.15, 0.2) is 0 Å². The van der Waals surface area contributed by atoms with Crippen molar-refractivity contribution < 1.29 is 27.9 Å². The first-order valence-electron chi connectivity index (χ1n) is 11.5. The molecule has 2 aromatic rings. The highest BCUT2D eigenvalue weighted by Gasteiger charge is 2.46. The van der Waals surface area contributed by atoms with Gasteiger partial charge >= 0.3 is 0 Å². The van der Waals surface area contributed by atoms with Gasteiger partial charge in [0.1, 0.15) is 5.76 Å². The topological polar surface area (TPSA) is 107 Å². The molecule has 0 bridgehead atoms. The highest BCUT2D eigenvalue weighted by molar-refractivity contribution is 9.10. The minimum absolute atomic E-state index is 0.0247. The number of sulfonamides is 1. The number of likely N-dealkylation sites (tertiary alicyclic amines) is 1. The smallest absolute Gasteiger partial charge is 0.295 e. The summed E-state index contributed by atoms with van der Waals surface area (Å²) in [5.74, 6) is -1.80. The van der Waals surface area contributed by atoms with Crippen molar-refractivity contribution in [3.63, 3.8) is 0 Å². The molecule has 2 aromatic carbocycles. The van der Waals surface area contributed by atoms with Crippen LogP contribution in [0.5, 0.6) is 0 Å². The number of amides is 1. The summed E-state index contributed by atoms with van der Waals surface area (Å²) in [6, 6.07) is 12.1. The summed E-state index contributed by atoms with van der Waals surface area (Å²) >= 11 is 3.45. The molecule has 11 heteroatoms. The first kappa shape index (κ1) is 26.5. The number of Topliss-reactive ketones (excluding diaryl/α,β-unsaturated/α-hetero) is 1. The van der Waals surface area contributed by atoms with Gasteiger partial charge in [-0.05, 0) is 42.0 Å². The number of halogens is 1. The molecule has 0 aromatic heterocycles. The van der Waals surface area contributed by atoms with E-state index in [1.807, 2.05) is 24.3 Å². The summed E-state index contributed by atoms with van der Waals surface area (Å²) < 4.78 is 32.1. The molecular weight excluding hydrogens is 550 g/mol. The fourth-order valence-electron chi connectivity index (χ4n) is 4.36. The van der Waals surface area contributed by atoms with Gasteiger partial charge in [-0.15, -0.1) is 0 Å². The normalized spacial score (nSPS) is 20.9. The van der Waals surface area contributed by atoms with Crippen LogP contribution >= 0.6 is 15.9 Å². The summed E-state index contributed by atoms with van der Waals surface area (Å²) in [7, 11) is -0.795. The molecule has 1 amide bonds. The first-order chi connectivity index (χ1) is 17.1. The van der Waals surface area contributed by atoms with Gasteiger partial charge in [0, 0.05) is 50.3 Å². The first-order valence-corrected chi connectivity index (χ1v) is 13.7. The van der Waals surface area contributed by atoms with Crippen LogP contribution in [-0.4, -0.2) is 92.8 Å². The van der Waals surface area contributed by atoms with E-state index in [0.717, 1.165) is 21.9 Å². The second-order valence-corrected chi connectivity index (χ2v) is 11.9. The Morgan fingerprint density at radius 1 is 1.08 bits per heavy atom. The molecule has 1 atom stereocenters. The number of ketones is 1. The molecule has 4 rings (SSSR count). The molecule has 0 saturated carbocycles. The number of carbonyl (C=O) groups excluding carboxylic acids is 2. The number of carbonyl (C=O) groups is 2. The van der Waals surface area contributed by atoms with Crippen molar-refractivity contribution in [2.24, 2.45) is 0 Å². The van der Waals surface area contributed by atoms with E-state index in [2.05, 4.69) is 20.8 Å². The van der Waals surface area contributed by atoms with Crippen molar-refractivity contribution >= 4 is 43.4 Å². The van der Waals surface area contributed by atoms with Crippen LogP contribution in [0.3, 0.4) is 0 Å². The van der Waals surface area contributed by atoms with E-state index in [9.17, 15) is 23.1 Å². The molecule has 0 radical (unpaired) electrons. The summed E-state index contributed by atoms with van der Waals surface area (Å²) in [5.41, 5.74) is 0.904. The summed E-state index contributed by atoms with van der Waals surface area (Å²) in [6.07, 6.45) is 0. The van der Waals surface area contributed by atoms with Crippen molar-refractivity contribution in [2.45, 2.75) is 10.9 Å². The second kappa shape index (κ2) is 10.8. The van der Waals surface area contributed by atoms with E-state index in [1.165, 1.54) is 43.3 Å². The number of benzene rings is 2. The number of hydrogen-bond donors (Lipinski definition) is 1. The maximum atomic E-state index is 13.2. The highest BCUT2D eigenvalue weighted by Crippen LogP contribution is 2.40. The molecule has 2 aliphatic rings. The van der Waals surface area contributed by atoms with Gasteiger partial charge in [-0.1, -0.05) is 28.1 Å². The van der Waals surface area contributed by atoms with E-state index in [4.69, 9.17) is 4.74 Å². The quantitative estimate of drug-likeness (QED) is 0.306. The van der Waals surface area contributed by atoms with Crippen LogP contribution in [0.25, 0.3) is 5.76 Å². The minimum atomic E-state index is -3.66. The second-order valence-electron chi connectivity index (χ2n) is 8.81. The number of nitrogens with zero attached hydrogens (tertiary/aromatic N) is 3. The Kier molecular flexibility index (Phi) is 7.96. The van der Waals surface area contributed by atoms with Crippen LogP contribution in [-0.2, 0) is 24.3 Å². The standard InChI is InChI=1S/C25H28BrN3O6S/c1-27(2)36(33,34)20-8-6-17(7-9-20)23(30)21-22(18-4-3-5-19(26)16-18)29(25(32)24(21)31)11-10-28-12-14-35-15-13-28/h3-9,16,22,30H,10-15H2,1-2H3/t22-/m0/s1. The Morgan fingerprint density at radius 3 is 2.36 bits per heavy atom. The number of aliphatic hydroxyl groups excluding tert-OH is 1. The fraction of sp³-hybridized carbons (Fsp3) is 0.360. The maximum Gasteiger partial charge on any atom is 0.295 e. The molecule has 9 nitrogen and oxygen atoms in total. The Balaban J connectivity index is 1.73. The lowest BCUT2D eigenvalue weighted by molar-refractivity contribution is -0.140. The van der Waals surface area contributed by atoms with Crippen molar-refractivity contribution in [2.75, 3.05) is 53.5 Å². The lowest BCUT2D eigenvalue weighted by Crippen LogP contribution is -2.42. The predicted molar refractivity (Wildman–Crippen MR) is 138 cm³/mol. The van der Waals surface area contributed by atoms with E-state index >= 15 is 0 Å². The van der Waals surface area contributed by atoms with E-state index in [0.29, 0.717) is 31.9 Å². The van der Waals surface area contributed by atoms with E-state index in [-0.39, 0.29) is 21.8 Å². The highest BCUT2D eigenvalue weighted by atomic mass is 79.9. The Labute approximate surface area is 219 Å². The van der Waals surface area contributed by atoms with Crippen LogP contribution in [0.15, 0.2) is 63.5 Å². The number of aliphatic hydroxyl groups is 1.